The molecule has 1 fully saturated rings. The molecule has 1 aromatic rings. The van der Waals surface area contributed by atoms with Crippen molar-refractivity contribution < 1.29 is 23.8 Å². The van der Waals surface area contributed by atoms with E-state index < -0.39 is 11.8 Å². The minimum Gasteiger partial charge on any atom is -0.497 e. The minimum atomic E-state index is -0.819. The Morgan fingerprint density at radius 1 is 1.41 bits per heavy atom. The van der Waals surface area contributed by atoms with Gasteiger partial charge in [0.05, 0.1) is 13.0 Å². The lowest BCUT2D eigenvalue weighted by atomic mass is 9.97. The number of carboxylic acids is 1. The number of benzene rings is 1. The summed E-state index contributed by atoms with van der Waals surface area (Å²) in [5.74, 6) is -1.23. The van der Waals surface area contributed by atoms with E-state index in [4.69, 9.17) is 9.84 Å². The van der Waals surface area contributed by atoms with Gasteiger partial charge in [0.1, 0.15) is 11.6 Å². The number of nitrogens with one attached hydrogen (secondary N) is 1. The highest BCUT2D eigenvalue weighted by atomic mass is 19.1. The van der Waals surface area contributed by atoms with Gasteiger partial charge in [-0.3, -0.25) is 4.79 Å². The fourth-order valence-corrected chi connectivity index (χ4v) is 2.41. The van der Waals surface area contributed by atoms with Crippen LogP contribution in [0.4, 0.5) is 9.18 Å². The van der Waals surface area contributed by atoms with Crippen LogP contribution in [0.3, 0.4) is 0 Å². The molecule has 1 aliphatic rings. The van der Waals surface area contributed by atoms with E-state index in [1.165, 1.54) is 13.2 Å². The molecule has 0 saturated carbocycles. The van der Waals surface area contributed by atoms with E-state index in [9.17, 15) is 14.0 Å². The zero-order valence-corrected chi connectivity index (χ0v) is 12.3. The number of halogens is 1. The molecule has 22 heavy (non-hydrogen) atoms. The molecule has 1 aromatic carbocycles. The number of hydrogen-bond donors (Lipinski definition) is 2. The molecular weight excluding hydrogens is 291 g/mol. The molecule has 0 unspecified atom stereocenters. The Hall–Kier alpha value is -2.31. The molecule has 2 amide bonds. The molecule has 120 valence electrons. The Balaban J connectivity index is 1.84. The first kappa shape index (κ1) is 16.1. The summed E-state index contributed by atoms with van der Waals surface area (Å²) in [5, 5.41) is 11.6. The van der Waals surface area contributed by atoms with Crippen LogP contribution in [0, 0.1) is 11.7 Å². The molecule has 0 aromatic heterocycles. The number of nitrogens with zero attached hydrogens (tertiary/aromatic N) is 1. The van der Waals surface area contributed by atoms with Crippen LogP contribution in [0.1, 0.15) is 18.4 Å². The Kier molecular flexibility index (Phi) is 5.19. The molecule has 2 rings (SSSR count). The van der Waals surface area contributed by atoms with Crippen molar-refractivity contribution >= 4 is 12.0 Å². The normalized spacial score (nSPS) is 15.5. The number of likely N-dealkylation sites (tertiary alicyclic amines) is 1. The molecule has 0 aliphatic carbocycles. The molecule has 0 atom stereocenters. The first-order valence-corrected chi connectivity index (χ1v) is 7.09. The minimum absolute atomic E-state index is 0.0769. The highest BCUT2D eigenvalue weighted by Crippen LogP contribution is 2.18. The van der Waals surface area contributed by atoms with Gasteiger partial charge in [-0.1, -0.05) is 6.07 Å². The monoisotopic (exact) mass is 310 g/mol. The van der Waals surface area contributed by atoms with Gasteiger partial charge >= 0.3 is 12.0 Å². The van der Waals surface area contributed by atoms with Crippen molar-refractivity contribution in [3.05, 3.63) is 29.6 Å². The van der Waals surface area contributed by atoms with Crippen molar-refractivity contribution in [3.63, 3.8) is 0 Å². The van der Waals surface area contributed by atoms with Crippen LogP contribution < -0.4 is 10.1 Å². The van der Waals surface area contributed by atoms with Gasteiger partial charge in [-0.15, -0.1) is 0 Å². The van der Waals surface area contributed by atoms with Crippen molar-refractivity contribution in [1.82, 2.24) is 10.2 Å². The fourth-order valence-electron chi connectivity index (χ4n) is 2.41. The van der Waals surface area contributed by atoms with Gasteiger partial charge in [0.25, 0.3) is 0 Å². The molecule has 0 bridgehead atoms. The van der Waals surface area contributed by atoms with Crippen molar-refractivity contribution in [2.24, 2.45) is 5.92 Å². The summed E-state index contributed by atoms with van der Waals surface area (Å²) in [6.07, 6.45) is 0.888. The molecule has 6 nitrogen and oxygen atoms in total. The lowest BCUT2D eigenvalue weighted by Gasteiger charge is -2.30. The van der Waals surface area contributed by atoms with Crippen LogP contribution in [-0.4, -0.2) is 42.2 Å². The number of urea groups is 1. The number of piperidine rings is 1. The van der Waals surface area contributed by atoms with Gasteiger partial charge in [-0.05, 0) is 18.9 Å². The number of carboxylic acid groups (broad SMARTS) is 1. The van der Waals surface area contributed by atoms with Crippen molar-refractivity contribution in [1.29, 1.82) is 0 Å². The molecular formula is C15H19FN2O4. The summed E-state index contributed by atoms with van der Waals surface area (Å²) >= 11 is 0. The molecule has 0 spiro atoms. The second-order valence-electron chi connectivity index (χ2n) is 5.22. The highest BCUT2D eigenvalue weighted by molar-refractivity contribution is 5.75. The van der Waals surface area contributed by atoms with E-state index in [1.807, 2.05) is 0 Å². The fraction of sp³-hybridized carbons (Fsp3) is 0.467. The summed E-state index contributed by atoms with van der Waals surface area (Å²) in [6.45, 7) is 0.870. The molecule has 0 radical (unpaired) electrons. The summed E-state index contributed by atoms with van der Waals surface area (Å²) in [7, 11) is 1.46. The Bertz CT molecular complexity index is 556. The maximum atomic E-state index is 13.8. The van der Waals surface area contributed by atoms with E-state index in [0.717, 1.165) is 0 Å². The van der Waals surface area contributed by atoms with Gasteiger partial charge in [-0.2, -0.15) is 0 Å². The topological polar surface area (TPSA) is 78.9 Å². The SMILES string of the molecule is COc1ccc(CNC(=O)N2CCC(C(=O)O)CC2)c(F)c1. The van der Waals surface area contributed by atoms with E-state index in [1.54, 1.807) is 17.0 Å². The average molecular weight is 310 g/mol. The summed E-state index contributed by atoms with van der Waals surface area (Å²) in [4.78, 5) is 24.4. The van der Waals surface area contributed by atoms with Crippen LogP contribution in [0.5, 0.6) is 5.75 Å². The van der Waals surface area contributed by atoms with Crippen molar-refractivity contribution in [3.8, 4) is 5.75 Å². The summed E-state index contributed by atoms with van der Waals surface area (Å²) in [6, 6.07) is 4.15. The number of hydrogen-bond acceptors (Lipinski definition) is 3. The van der Waals surface area contributed by atoms with Crippen molar-refractivity contribution in [2.45, 2.75) is 19.4 Å². The third kappa shape index (κ3) is 3.87. The molecule has 1 heterocycles. The van der Waals surface area contributed by atoms with E-state index in [0.29, 0.717) is 37.2 Å². The average Bonchev–Trinajstić information content (AvgIpc) is 2.53. The lowest BCUT2D eigenvalue weighted by molar-refractivity contribution is -0.143. The van der Waals surface area contributed by atoms with Crippen LogP contribution in [0.15, 0.2) is 18.2 Å². The van der Waals surface area contributed by atoms with Crippen molar-refractivity contribution in [2.75, 3.05) is 20.2 Å². The first-order chi connectivity index (χ1) is 10.5. The Labute approximate surface area is 127 Å². The number of carbonyl (C=O) groups is 2. The number of ether oxygens (including phenoxy) is 1. The van der Waals surface area contributed by atoms with Gasteiger partial charge in [-0.25, -0.2) is 9.18 Å². The molecule has 7 heteroatoms. The number of aliphatic carboxylic acids is 1. The first-order valence-electron chi connectivity index (χ1n) is 7.09. The second kappa shape index (κ2) is 7.11. The number of methoxy groups -OCH3 is 1. The standard InChI is InChI=1S/C15H19FN2O4/c1-22-12-3-2-11(13(16)8-12)9-17-15(21)18-6-4-10(5-7-18)14(19)20/h2-3,8,10H,4-7,9H2,1H3,(H,17,21)(H,19,20). The van der Waals surface area contributed by atoms with Crippen LogP contribution in [0.25, 0.3) is 0 Å². The largest absolute Gasteiger partial charge is 0.497 e. The highest BCUT2D eigenvalue weighted by Gasteiger charge is 2.26. The summed E-state index contributed by atoms with van der Waals surface area (Å²) in [5.41, 5.74) is 0.370. The van der Waals surface area contributed by atoms with E-state index in [-0.39, 0.29) is 18.5 Å². The molecule has 2 N–H and O–H groups in total. The predicted octanol–water partition coefficient (Wildman–Crippen LogP) is 1.84. The zero-order chi connectivity index (χ0) is 16.1. The number of carbonyl (C=O) groups excluding carboxylic acids is 1. The number of amides is 2. The smallest absolute Gasteiger partial charge is 0.317 e. The van der Waals surface area contributed by atoms with Gasteiger partial charge in [0.2, 0.25) is 0 Å². The summed E-state index contributed by atoms with van der Waals surface area (Å²) < 4.78 is 18.7. The van der Waals surface area contributed by atoms with Gasteiger partial charge in [0, 0.05) is 31.3 Å². The van der Waals surface area contributed by atoms with Crippen LogP contribution in [-0.2, 0) is 11.3 Å². The van der Waals surface area contributed by atoms with E-state index >= 15 is 0 Å². The van der Waals surface area contributed by atoms with Gasteiger partial charge in [0.15, 0.2) is 0 Å². The Morgan fingerprint density at radius 2 is 2.09 bits per heavy atom. The zero-order valence-electron chi connectivity index (χ0n) is 12.3. The quantitative estimate of drug-likeness (QED) is 0.889. The van der Waals surface area contributed by atoms with Gasteiger partial charge < -0.3 is 20.1 Å². The van der Waals surface area contributed by atoms with Crippen LogP contribution in [0.2, 0.25) is 0 Å². The number of rotatable bonds is 4. The third-order valence-corrected chi connectivity index (χ3v) is 3.82. The third-order valence-electron chi connectivity index (χ3n) is 3.82. The predicted molar refractivity (Wildman–Crippen MR) is 77.1 cm³/mol. The van der Waals surface area contributed by atoms with E-state index in [2.05, 4.69) is 5.32 Å². The Morgan fingerprint density at radius 3 is 2.64 bits per heavy atom. The molecule has 1 aliphatic heterocycles. The molecule has 1 saturated heterocycles. The van der Waals surface area contributed by atoms with Crippen LogP contribution >= 0.6 is 0 Å². The maximum absolute atomic E-state index is 13.8. The maximum Gasteiger partial charge on any atom is 0.317 e. The lowest BCUT2D eigenvalue weighted by Crippen LogP contribution is -2.45. The second-order valence-corrected chi connectivity index (χ2v) is 5.22.